The molecule has 0 saturated heterocycles. The first kappa shape index (κ1) is 30.4. The topological polar surface area (TPSA) is 63.6 Å². The van der Waals surface area contributed by atoms with E-state index in [4.69, 9.17) is 16.3 Å². The maximum absolute atomic E-state index is 14.5. The summed E-state index contributed by atoms with van der Waals surface area (Å²) in [5.41, 5.74) is 1.16. The molecule has 0 amide bonds. The third-order valence-corrected chi connectivity index (χ3v) is 14.5. The normalized spacial score (nSPS) is 45.9. The fourth-order valence-electron chi connectivity index (χ4n) is 11.3. The molecule has 0 aromatic heterocycles. The van der Waals surface area contributed by atoms with Crippen molar-refractivity contribution in [2.75, 3.05) is 0 Å². The lowest BCUT2D eigenvalue weighted by molar-refractivity contribution is -0.202. The van der Waals surface area contributed by atoms with E-state index in [0.717, 1.165) is 63.4 Å². The molecular formula is C37H51ClO4. The first-order valence-corrected chi connectivity index (χ1v) is 16.7. The molecule has 0 spiro atoms. The fourth-order valence-corrected chi connectivity index (χ4v) is 11.5. The molecule has 0 heterocycles. The highest BCUT2D eigenvalue weighted by Gasteiger charge is 2.70. The molecule has 0 radical (unpaired) electrons. The largest absolute Gasteiger partial charge is 0.460 e. The van der Waals surface area contributed by atoms with Crippen LogP contribution in [-0.4, -0.2) is 23.0 Å². The van der Waals surface area contributed by atoms with Crippen LogP contribution in [0.5, 0.6) is 0 Å². The molecule has 1 N–H and O–H groups in total. The molecule has 0 aliphatic heterocycles. The summed E-state index contributed by atoms with van der Waals surface area (Å²) < 4.78 is 5.92. The molecule has 4 nitrogen and oxygen atoms in total. The van der Waals surface area contributed by atoms with Crippen molar-refractivity contribution in [3.8, 4) is 0 Å². The second-order valence-electron chi connectivity index (χ2n) is 16.8. The number of esters is 1. The van der Waals surface area contributed by atoms with Crippen molar-refractivity contribution in [1.82, 2.24) is 0 Å². The molecule has 4 fully saturated rings. The van der Waals surface area contributed by atoms with Crippen LogP contribution in [0.3, 0.4) is 0 Å². The smallest absolute Gasteiger partial charge is 0.312 e. The summed E-state index contributed by atoms with van der Waals surface area (Å²) in [5, 5.41) is 11.6. The number of hydrogen-bond acceptors (Lipinski definition) is 4. The van der Waals surface area contributed by atoms with Crippen molar-refractivity contribution in [2.24, 2.45) is 50.2 Å². The Morgan fingerprint density at radius 3 is 2.40 bits per heavy atom. The van der Waals surface area contributed by atoms with E-state index in [-0.39, 0.29) is 57.6 Å². The molecular weight excluding hydrogens is 544 g/mol. The quantitative estimate of drug-likeness (QED) is 0.355. The van der Waals surface area contributed by atoms with Crippen LogP contribution in [0.25, 0.3) is 0 Å². The average molecular weight is 595 g/mol. The number of carbonyl (C=O) groups is 2. The molecule has 42 heavy (non-hydrogen) atoms. The summed E-state index contributed by atoms with van der Waals surface area (Å²) in [5.74, 6) is 0.636. The molecule has 0 unspecified atom stereocenters. The van der Waals surface area contributed by atoms with Crippen molar-refractivity contribution in [3.63, 3.8) is 0 Å². The highest BCUT2D eigenvalue weighted by molar-refractivity contribution is 6.30. The number of aliphatic hydroxyl groups is 1. The fraction of sp³-hybridized carbons (Fsp3) is 0.730. The lowest BCUT2D eigenvalue weighted by Gasteiger charge is -2.70. The second kappa shape index (κ2) is 9.67. The molecule has 1 aromatic rings. The van der Waals surface area contributed by atoms with Gasteiger partial charge in [-0.15, -0.1) is 0 Å². The lowest BCUT2D eigenvalue weighted by atomic mass is 9.33. The van der Waals surface area contributed by atoms with E-state index in [2.05, 4.69) is 54.5 Å². The standard InChI is InChI=1S/C37H51ClO4/c1-32(2)28-11-14-37(7)30(35(28,5)13-12-29(32)40)27(39)20-25-26-21-34(4,16-15-33(26,3)17-18-36(25,37)6)31(41)42-22-23-9-8-10-24(38)19-23/h8-10,19-20,26,28-30,40H,11-18,21-22H2,1-7H3/t26-,28-,29-,30+,33+,34-,35-,36+,37+/m0/s1. The zero-order valence-corrected chi connectivity index (χ0v) is 27.6. The van der Waals surface area contributed by atoms with Gasteiger partial charge in [0.2, 0.25) is 0 Å². The summed E-state index contributed by atoms with van der Waals surface area (Å²) >= 11 is 6.16. The molecule has 5 aliphatic carbocycles. The third-order valence-electron chi connectivity index (χ3n) is 14.3. The predicted molar refractivity (Wildman–Crippen MR) is 167 cm³/mol. The number of halogens is 1. The summed E-state index contributed by atoms with van der Waals surface area (Å²) in [6.45, 7) is 16.4. The number of benzene rings is 1. The van der Waals surface area contributed by atoms with Crippen LogP contribution in [0.2, 0.25) is 5.02 Å². The number of fused-ring (bicyclic) bond motifs is 7. The zero-order valence-electron chi connectivity index (χ0n) is 26.8. The molecule has 9 atom stereocenters. The highest BCUT2D eigenvalue weighted by Crippen LogP contribution is 2.75. The molecule has 230 valence electrons. The maximum Gasteiger partial charge on any atom is 0.312 e. The van der Waals surface area contributed by atoms with Crippen molar-refractivity contribution in [1.29, 1.82) is 0 Å². The number of aliphatic hydroxyl groups excluding tert-OH is 1. The average Bonchev–Trinajstić information content (AvgIpc) is 2.92. The summed E-state index contributed by atoms with van der Waals surface area (Å²) in [6, 6.07) is 7.49. The van der Waals surface area contributed by atoms with Gasteiger partial charge in [-0.2, -0.15) is 0 Å². The van der Waals surface area contributed by atoms with E-state index in [0.29, 0.717) is 16.7 Å². The Hall–Kier alpha value is -1.65. The minimum Gasteiger partial charge on any atom is -0.460 e. The minimum absolute atomic E-state index is 0.0359. The molecule has 6 rings (SSSR count). The number of allylic oxidation sites excluding steroid dienone is 2. The Morgan fingerprint density at radius 1 is 0.976 bits per heavy atom. The predicted octanol–water partition coefficient (Wildman–Crippen LogP) is 8.72. The molecule has 1 aromatic carbocycles. The van der Waals surface area contributed by atoms with Gasteiger partial charge >= 0.3 is 5.97 Å². The van der Waals surface area contributed by atoms with Crippen molar-refractivity contribution in [2.45, 2.75) is 119 Å². The molecule has 4 saturated carbocycles. The van der Waals surface area contributed by atoms with Crippen LogP contribution in [0, 0.1) is 50.2 Å². The molecule has 5 aliphatic rings. The maximum atomic E-state index is 14.5. The van der Waals surface area contributed by atoms with Gasteiger partial charge in [-0.3, -0.25) is 9.59 Å². The lowest BCUT2D eigenvalue weighted by Crippen LogP contribution is -2.66. The number of ketones is 1. The van der Waals surface area contributed by atoms with E-state index >= 15 is 0 Å². The number of rotatable bonds is 3. The summed E-state index contributed by atoms with van der Waals surface area (Å²) in [6.07, 6.45) is 10.2. The van der Waals surface area contributed by atoms with Crippen LogP contribution in [0.1, 0.15) is 112 Å². The minimum atomic E-state index is -0.587. The molecule has 5 heteroatoms. The Labute approximate surface area is 258 Å². The van der Waals surface area contributed by atoms with Gasteiger partial charge in [0.25, 0.3) is 0 Å². The molecule has 0 bridgehead atoms. The van der Waals surface area contributed by atoms with Gasteiger partial charge < -0.3 is 9.84 Å². The second-order valence-corrected chi connectivity index (χ2v) is 17.3. The van der Waals surface area contributed by atoms with Crippen LogP contribution in [-0.2, 0) is 20.9 Å². The van der Waals surface area contributed by atoms with E-state index in [9.17, 15) is 14.7 Å². The monoisotopic (exact) mass is 594 g/mol. The number of carbonyl (C=O) groups excluding carboxylic acids is 2. The zero-order chi connectivity index (χ0) is 30.5. The van der Waals surface area contributed by atoms with Crippen molar-refractivity contribution >= 4 is 23.4 Å². The van der Waals surface area contributed by atoms with E-state index < -0.39 is 5.41 Å². The third kappa shape index (κ3) is 4.16. The van der Waals surface area contributed by atoms with Crippen molar-refractivity contribution < 1.29 is 19.4 Å². The number of hydrogen-bond donors (Lipinski definition) is 1. The van der Waals surface area contributed by atoms with Gasteiger partial charge in [0.05, 0.1) is 11.5 Å². The first-order valence-electron chi connectivity index (χ1n) is 16.4. The highest BCUT2D eigenvalue weighted by atomic mass is 35.5. The van der Waals surface area contributed by atoms with Gasteiger partial charge in [-0.25, -0.2) is 0 Å². The van der Waals surface area contributed by atoms with Crippen LogP contribution in [0.15, 0.2) is 35.9 Å². The summed E-state index contributed by atoms with van der Waals surface area (Å²) in [4.78, 5) is 28.2. The van der Waals surface area contributed by atoms with Crippen molar-refractivity contribution in [3.05, 3.63) is 46.5 Å². The van der Waals surface area contributed by atoms with Crippen LogP contribution in [0.4, 0.5) is 0 Å². The Bertz CT molecular complexity index is 1330. The summed E-state index contributed by atoms with van der Waals surface area (Å²) in [7, 11) is 0. The first-order chi connectivity index (χ1) is 19.5. The Balaban J connectivity index is 1.33. The van der Waals surface area contributed by atoms with E-state index in [1.807, 2.05) is 24.3 Å². The number of ether oxygens (including phenoxy) is 1. The Morgan fingerprint density at radius 2 is 1.69 bits per heavy atom. The van der Waals surface area contributed by atoms with E-state index in [1.165, 1.54) is 5.57 Å². The van der Waals surface area contributed by atoms with Gasteiger partial charge in [0.15, 0.2) is 5.78 Å². The van der Waals surface area contributed by atoms with Crippen LogP contribution < -0.4 is 0 Å². The van der Waals surface area contributed by atoms with Gasteiger partial charge in [-0.1, -0.05) is 70.8 Å². The van der Waals surface area contributed by atoms with E-state index in [1.54, 1.807) is 0 Å². The van der Waals surface area contributed by atoms with Gasteiger partial charge in [0, 0.05) is 10.9 Å². The SMILES string of the molecule is CC1(C)[C@@H](O)CC[C@]2(C)[C@H]3C(=O)C=C4[C@@H]5C[C@@](C)(C(=O)OCc6cccc(Cl)c6)CC[C@]5(C)CC[C@@]4(C)[C@]3(C)CC[C@@H]12. The van der Waals surface area contributed by atoms with Gasteiger partial charge in [0.1, 0.15) is 6.61 Å². The Kier molecular flexibility index (Phi) is 7.00. The van der Waals surface area contributed by atoms with Gasteiger partial charge in [-0.05, 0) is 127 Å². The van der Waals surface area contributed by atoms with Crippen LogP contribution >= 0.6 is 11.6 Å².